The molecule has 0 spiro atoms. The maximum atomic E-state index is 11.8. The second-order valence-corrected chi connectivity index (χ2v) is 4.92. The average Bonchev–Trinajstić information content (AvgIpc) is 2.31. The van der Waals surface area contributed by atoms with Crippen LogP contribution in [0.15, 0.2) is 18.2 Å². The van der Waals surface area contributed by atoms with Crippen LogP contribution in [0.4, 0.5) is 5.69 Å². The predicted molar refractivity (Wildman–Crippen MR) is 78.1 cm³/mol. The molecule has 0 atom stereocenters. The highest BCUT2D eigenvalue weighted by Crippen LogP contribution is 2.19. The van der Waals surface area contributed by atoms with Gasteiger partial charge in [0.15, 0.2) is 0 Å². The Morgan fingerprint density at radius 2 is 1.95 bits per heavy atom. The Morgan fingerprint density at radius 3 is 2.48 bits per heavy atom. The summed E-state index contributed by atoms with van der Waals surface area (Å²) in [5.41, 5.74) is 6.37. The summed E-state index contributed by atoms with van der Waals surface area (Å²) < 4.78 is 0. The largest absolute Gasteiger partial charge is 0.480 e. The van der Waals surface area contributed by atoms with Crippen molar-refractivity contribution in [2.45, 2.75) is 6.92 Å². The first-order valence-corrected chi connectivity index (χ1v) is 6.44. The van der Waals surface area contributed by atoms with Gasteiger partial charge in [0.25, 0.3) is 0 Å². The predicted octanol–water partition coefficient (Wildman–Crippen LogP) is 0.459. The number of nitrogens with one attached hydrogen (secondary N) is 1. The third-order valence-corrected chi connectivity index (χ3v) is 2.97. The molecule has 0 unspecified atom stereocenters. The van der Waals surface area contributed by atoms with Crippen molar-refractivity contribution in [3.63, 3.8) is 0 Å². The molecule has 0 aliphatic carbocycles. The Labute approximate surface area is 126 Å². The second kappa shape index (κ2) is 7.61. The van der Waals surface area contributed by atoms with E-state index < -0.39 is 24.3 Å². The summed E-state index contributed by atoms with van der Waals surface area (Å²) in [6.45, 7) is 0.801. The summed E-state index contributed by atoms with van der Waals surface area (Å²) in [6.07, 6.45) is 0. The van der Waals surface area contributed by atoms with Gasteiger partial charge in [0, 0.05) is 10.7 Å². The van der Waals surface area contributed by atoms with E-state index in [0.29, 0.717) is 10.7 Å². The van der Waals surface area contributed by atoms with Gasteiger partial charge in [-0.2, -0.15) is 0 Å². The smallest absolute Gasteiger partial charge is 0.317 e. The molecular weight excluding hydrogens is 298 g/mol. The minimum absolute atomic E-state index is 0.263. The van der Waals surface area contributed by atoms with E-state index in [1.54, 1.807) is 18.2 Å². The van der Waals surface area contributed by atoms with Gasteiger partial charge < -0.3 is 16.2 Å². The average molecular weight is 314 g/mol. The minimum Gasteiger partial charge on any atom is -0.480 e. The maximum Gasteiger partial charge on any atom is 0.317 e. The summed E-state index contributed by atoms with van der Waals surface area (Å²) in [4.78, 5) is 34.5. The zero-order chi connectivity index (χ0) is 16.0. The number of halogens is 1. The fourth-order valence-electron chi connectivity index (χ4n) is 1.65. The number of hydrogen-bond acceptors (Lipinski definition) is 4. The molecule has 1 aromatic carbocycles. The maximum absolute atomic E-state index is 11.8. The minimum atomic E-state index is -1.15. The third-order valence-electron chi connectivity index (χ3n) is 2.56. The molecular formula is C13H16ClN3O4. The molecule has 114 valence electrons. The van der Waals surface area contributed by atoms with Crippen LogP contribution in [0.5, 0.6) is 0 Å². The Morgan fingerprint density at radius 1 is 1.29 bits per heavy atom. The van der Waals surface area contributed by atoms with Crippen molar-refractivity contribution in [1.29, 1.82) is 0 Å². The van der Waals surface area contributed by atoms with Crippen LogP contribution >= 0.6 is 11.6 Å². The molecule has 21 heavy (non-hydrogen) atoms. The lowest BCUT2D eigenvalue weighted by atomic mass is 10.2. The number of carbonyl (C=O) groups excluding carboxylic acids is 2. The normalized spacial score (nSPS) is 10.4. The van der Waals surface area contributed by atoms with Crippen LogP contribution in [0.2, 0.25) is 5.02 Å². The highest BCUT2D eigenvalue weighted by Gasteiger charge is 2.16. The standard InChI is InChI=1S/C13H16ClN3O4/c1-8-2-3-9(4-10(8)14)16-12(19)6-17(5-11(15)18)7-13(20)21/h2-4H,5-7H2,1H3,(H2,15,18)(H,16,19)(H,20,21). The number of nitrogens with two attached hydrogens (primary N) is 1. The number of carboxylic acids is 1. The molecule has 0 bridgehead atoms. The van der Waals surface area contributed by atoms with E-state index in [9.17, 15) is 14.4 Å². The van der Waals surface area contributed by atoms with E-state index in [2.05, 4.69) is 5.32 Å². The third kappa shape index (κ3) is 6.24. The van der Waals surface area contributed by atoms with Gasteiger partial charge in [0.2, 0.25) is 11.8 Å². The fraction of sp³-hybridized carbons (Fsp3) is 0.308. The number of aliphatic carboxylic acids is 1. The molecule has 2 amide bonds. The Bertz CT molecular complexity index is 546. The van der Waals surface area contributed by atoms with E-state index in [1.807, 2.05) is 6.92 Å². The van der Waals surface area contributed by atoms with Gasteiger partial charge in [-0.05, 0) is 24.6 Å². The van der Waals surface area contributed by atoms with Crippen molar-refractivity contribution >= 4 is 35.1 Å². The van der Waals surface area contributed by atoms with E-state index >= 15 is 0 Å². The molecule has 0 fully saturated rings. The van der Waals surface area contributed by atoms with Crippen LogP contribution in [-0.4, -0.2) is 47.4 Å². The quantitative estimate of drug-likeness (QED) is 0.677. The lowest BCUT2D eigenvalue weighted by Crippen LogP contribution is -2.41. The number of anilines is 1. The molecule has 1 rings (SSSR count). The number of rotatable bonds is 7. The summed E-state index contributed by atoms with van der Waals surface area (Å²) in [5.74, 6) is -2.32. The first kappa shape index (κ1) is 16.9. The molecule has 0 heterocycles. The lowest BCUT2D eigenvalue weighted by Gasteiger charge is -2.17. The lowest BCUT2D eigenvalue weighted by molar-refractivity contribution is -0.138. The second-order valence-electron chi connectivity index (χ2n) is 4.52. The molecule has 0 aliphatic heterocycles. The van der Waals surface area contributed by atoms with Crippen LogP contribution in [0.1, 0.15) is 5.56 Å². The topological polar surface area (TPSA) is 113 Å². The number of benzene rings is 1. The van der Waals surface area contributed by atoms with Crippen molar-refractivity contribution in [3.8, 4) is 0 Å². The molecule has 0 saturated heterocycles. The Kier molecular flexibility index (Phi) is 6.13. The summed E-state index contributed by atoms with van der Waals surface area (Å²) in [5, 5.41) is 11.8. The molecule has 4 N–H and O–H groups in total. The van der Waals surface area contributed by atoms with E-state index in [-0.39, 0.29) is 13.1 Å². The van der Waals surface area contributed by atoms with Crippen LogP contribution in [-0.2, 0) is 14.4 Å². The van der Waals surface area contributed by atoms with Crippen molar-refractivity contribution < 1.29 is 19.5 Å². The summed E-state index contributed by atoms with van der Waals surface area (Å²) >= 11 is 5.94. The zero-order valence-corrected chi connectivity index (χ0v) is 12.2. The fourth-order valence-corrected chi connectivity index (χ4v) is 1.83. The van der Waals surface area contributed by atoms with Crippen molar-refractivity contribution in [2.24, 2.45) is 5.73 Å². The van der Waals surface area contributed by atoms with Gasteiger partial charge in [-0.3, -0.25) is 19.3 Å². The highest BCUT2D eigenvalue weighted by molar-refractivity contribution is 6.31. The van der Waals surface area contributed by atoms with Gasteiger partial charge in [0.1, 0.15) is 0 Å². The number of nitrogens with zero attached hydrogens (tertiary/aromatic N) is 1. The SMILES string of the molecule is Cc1ccc(NC(=O)CN(CC(N)=O)CC(=O)O)cc1Cl. The summed E-state index contributed by atoms with van der Waals surface area (Å²) in [7, 11) is 0. The number of hydrogen-bond donors (Lipinski definition) is 3. The van der Waals surface area contributed by atoms with Crippen molar-refractivity contribution in [1.82, 2.24) is 4.90 Å². The van der Waals surface area contributed by atoms with Crippen molar-refractivity contribution in [2.75, 3.05) is 25.0 Å². The van der Waals surface area contributed by atoms with Crippen LogP contribution in [0.3, 0.4) is 0 Å². The first-order valence-electron chi connectivity index (χ1n) is 6.06. The molecule has 7 nitrogen and oxygen atoms in total. The summed E-state index contributed by atoms with van der Waals surface area (Å²) in [6, 6.07) is 5.01. The highest BCUT2D eigenvalue weighted by atomic mass is 35.5. The van der Waals surface area contributed by atoms with Gasteiger partial charge in [-0.25, -0.2) is 0 Å². The van der Waals surface area contributed by atoms with E-state index in [4.69, 9.17) is 22.4 Å². The number of carboxylic acid groups (broad SMARTS) is 1. The van der Waals surface area contributed by atoms with E-state index in [1.165, 1.54) is 0 Å². The van der Waals surface area contributed by atoms with Gasteiger partial charge >= 0.3 is 5.97 Å². The van der Waals surface area contributed by atoms with Crippen molar-refractivity contribution in [3.05, 3.63) is 28.8 Å². The molecule has 0 saturated carbocycles. The zero-order valence-electron chi connectivity index (χ0n) is 11.4. The molecule has 0 aromatic heterocycles. The molecule has 0 radical (unpaired) electrons. The number of carbonyl (C=O) groups is 3. The monoisotopic (exact) mass is 313 g/mol. The molecule has 1 aromatic rings. The Balaban J connectivity index is 2.66. The number of primary amides is 1. The van der Waals surface area contributed by atoms with Gasteiger partial charge in [0.05, 0.1) is 19.6 Å². The van der Waals surface area contributed by atoms with Crippen LogP contribution < -0.4 is 11.1 Å². The Hall–Kier alpha value is -2.12. The van der Waals surface area contributed by atoms with Crippen LogP contribution in [0.25, 0.3) is 0 Å². The molecule has 8 heteroatoms. The van der Waals surface area contributed by atoms with Crippen LogP contribution in [0, 0.1) is 6.92 Å². The number of amides is 2. The van der Waals surface area contributed by atoms with E-state index in [0.717, 1.165) is 10.5 Å². The van der Waals surface area contributed by atoms with Gasteiger partial charge in [-0.15, -0.1) is 0 Å². The molecule has 0 aliphatic rings. The van der Waals surface area contributed by atoms with Gasteiger partial charge in [-0.1, -0.05) is 17.7 Å². The first-order chi connectivity index (χ1) is 9.77. The number of aryl methyl sites for hydroxylation is 1.